The molecule has 1 aromatic rings. The molecular formula is C14H23NO2S. The van der Waals surface area contributed by atoms with Crippen molar-refractivity contribution in [1.29, 1.82) is 0 Å². The molecule has 0 fully saturated rings. The summed E-state index contributed by atoms with van der Waals surface area (Å²) in [5.74, 6) is 0.400. The standard InChI is InChI=1S/C14H23NO2S/c1-11(2)7-8-14(3,13(16)17-4)15-10-12-6-5-9-18-12/h5-6,9,11,15H,7-8,10H2,1-4H3. The van der Waals surface area contributed by atoms with Crippen LogP contribution in [0.2, 0.25) is 0 Å². The van der Waals surface area contributed by atoms with Gasteiger partial charge in [0.2, 0.25) is 0 Å². The molecule has 3 nitrogen and oxygen atoms in total. The second kappa shape index (κ2) is 6.90. The third-order valence-corrected chi connectivity index (χ3v) is 3.97. The Morgan fingerprint density at radius 1 is 1.56 bits per heavy atom. The predicted molar refractivity (Wildman–Crippen MR) is 75.7 cm³/mol. The van der Waals surface area contributed by atoms with E-state index >= 15 is 0 Å². The van der Waals surface area contributed by atoms with Crippen LogP contribution in [0.3, 0.4) is 0 Å². The fourth-order valence-corrected chi connectivity index (χ4v) is 2.41. The van der Waals surface area contributed by atoms with Crippen LogP contribution < -0.4 is 5.32 Å². The molecule has 1 N–H and O–H groups in total. The van der Waals surface area contributed by atoms with Gasteiger partial charge in [0.1, 0.15) is 5.54 Å². The number of nitrogens with one attached hydrogen (secondary N) is 1. The fourth-order valence-electron chi connectivity index (χ4n) is 1.76. The quantitative estimate of drug-likeness (QED) is 0.772. The lowest BCUT2D eigenvalue weighted by Gasteiger charge is -2.28. The first kappa shape index (κ1) is 15.2. The zero-order chi connectivity index (χ0) is 13.6. The Morgan fingerprint density at radius 2 is 2.28 bits per heavy atom. The number of hydrogen-bond donors (Lipinski definition) is 1. The van der Waals surface area contributed by atoms with E-state index in [4.69, 9.17) is 4.74 Å². The molecule has 1 atom stereocenters. The van der Waals surface area contributed by atoms with E-state index in [0.717, 1.165) is 12.8 Å². The number of hydrogen-bond acceptors (Lipinski definition) is 4. The first-order chi connectivity index (χ1) is 8.48. The SMILES string of the molecule is COC(=O)C(C)(CCC(C)C)NCc1cccs1. The van der Waals surface area contributed by atoms with Crippen molar-refractivity contribution in [1.82, 2.24) is 5.32 Å². The summed E-state index contributed by atoms with van der Waals surface area (Å²) in [6.07, 6.45) is 1.80. The van der Waals surface area contributed by atoms with Gasteiger partial charge in [-0.2, -0.15) is 0 Å². The Balaban J connectivity index is 2.61. The highest BCUT2D eigenvalue weighted by Crippen LogP contribution is 2.20. The van der Waals surface area contributed by atoms with Crippen LogP contribution in [0.1, 0.15) is 38.5 Å². The number of thiophene rings is 1. The van der Waals surface area contributed by atoms with Gasteiger partial charge in [-0.1, -0.05) is 19.9 Å². The number of carbonyl (C=O) groups is 1. The Bertz CT molecular complexity index is 362. The molecule has 0 saturated carbocycles. The summed E-state index contributed by atoms with van der Waals surface area (Å²) in [6.45, 7) is 6.96. The van der Waals surface area contributed by atoms with E-state index < -0.39 is 5.54 Å². The summed E-state index contributed by atoms with van der Waals surface area (Å²) in [4.78, 5) is 13.2. The van der Waals surface area contributed by atoms with Crippen LogP contribution in [-0.2, 0) is 16.1 Å². The van der Waals surface area contributed by atoms with Gasteiger partial charge in [0.15, 0.2) is 0 Å². The maximum absolute atomic E-state index is 11.9. The van der Waals surface area contributed by atoms with Crippen molar-refractivity contribution < 1.29 is 9.53 Å². The smallest absolute Gasteiger partial charge is 0.325 e. The fraction of sp³-hybridized carbons (Fsp3) is 0.643. The van der Waals surface area contributed by atoms with Crippen LogP contribution >= 0.6 is 11.3 Å². The maximum atomic E-state index is 11.9. The van der Waals surface area contributed by atoms with Gasteiger partial charge in [-0.3, -0.25) is 10.1 Å². The number of ether oxygens (including phenoxy) is 1. The molecule has 0 radical (unpaired) electrons. The molecule has 1 rings (SSSR count). The Hall–Kier alpha value is -0.870. The minimum absolute atomic E-state index is 0.181. The molecule has 18 heavy (non-hydrogen) atoms. The van der Waals surface area contributed by atoms with E-state index in [-0.39, 0.29) is 5.97 Å². The second-order valence-corrected chi connectivity index (χ2v) is 6.22. The van der Waals surface area contributed by atoms with Gasteiger partial charge in [-0.25, -0.2) is 0 Å². The third-order valence-electron chi connectivity index (χ3n) is 3.09. The van der Waals surface area contributed by atoms with Gasteiger partial charge in [0.25, 0.3) is 0 Å². The topological polar surface area (TPSA) is 38.3 Å². The molecule has 1 aromatic heterocycles. The molecule has 0 saturated heterocycles. The van der Waals surface area contributed by atoms with Crippen molar-refractivity contribution in [3.05, 3.63) is 22.4 Å². The number of methoxy groups -OCH3 is 1. The highest BCUT2D eigenvalue weighted by Gasteiger charge is 2.33. The van der Waals surface area contributed by atoms with Crippen molar-refractivity contribution >= 4 is 17.3 Å². The van der Waals surface area contributed by atoms with Crippen LogP contribution in [0.4, 0.5) is 0 Å². The van der Waals surface area contributed by atoms with Crippen molar-refractivity contribution in [2.45, 2.75) is 45.7 Å². The summed E-state index contributed by atoms with van der Waals surface area (Å²) >= 11 is 1.69. The minimum atomic E-state index is -0.594. The molecule has 102 valence electrons. The first-order valence-electron chi connectivity index (χ1n) is 6.34. The molecule has 1 heterocycles. The molecule has 0 aliphatic heterocycles. The van der Waals surface area contributed by atoms with E-state index in [2.05, 4.69) is 25.2 Å². The number of carbonyl (C=O) groups excluding carboxylic acids is 1. The lowest BCUT2D eigenvalue weighted by molar-refractivity contribution is -0.148. The largest absolute Gasteiger partial charge is 0.468 e. The highest BCUT2D eigenvalue weighted by atomic mass is 32.1. The molecule has 0 spiro atoms. The van der Waals surface area contributed by atoms with Gasteiger partial charge in [-0.15, -0.1) is 11.3 Å². The maximum Gasteiger partial charge on any atom is 0.325 e. The predicted octanol–water partition coefficient (Wildman–Crippen LogP) is 3.21. The molecule has 0 aliphatic carbocycles. The van der Waals surface area contributed by atoms with Crippen molar-refractivity contribution in [2.75, 3.05) is 7.11 Å². The summed E-state index contributed by atoms with van der Waals surface area (Å²) in [7, 11) is 1.45. The van der Waals surface area contributed by atoms with Crippen LogP contribution in [0.5, 0.6) is 0 Å². The highest BCUT2D eigenvalue weighted by molar-refractivity contribution is 7.09. The van der Waals surface area contributed by atoms with Crippen LogP contribution in [0, 0.1) is 5.92 Å². The second-order valence-electron chi connectivity index (χ2n) is 5.19. The molecule has 1 unspecified atom stereocenters. The average Bonchev–Trinajstić information content (AvgIpc) is 2.86. The van der Waals surface area contributed by atoms with Crippen molar-refractivity contribution in [3.63, 3.8) is 0 Å². The monoisotopic (exact) mass is 269 g/mol. The average molecular weight is 269 g/mol. The Labute approximate surface area is 114 Å². The van der Waals surface area contributed by atoms with Crippen molar-refractivity contribution in [3.8, 4) is 0 Å². The van der Waals surface area contributed by atoms with Gasteiger partial charge < -0.3 is 4.74 Å². The van der Waals surface area contributed by atoms with Gasteiger partial charge in [0, 0.05) is 11.4 Å². The molecule has 0 aromatic carbocycles. The van der Waals surface area contributed by atoms with E-state index in [1.165, 1.54) is 12.0 Å². The Kier molecular flexibility index (Phi) is 5.82. The zero-order valence-electron chi connectivity index (χ0n) is 11.7. The minimum Gasteiger partial charge on any atom is -0.468 e. The lowest BCUT2D eigenvalue weighted by atomic mass is 9.92. The molecule has 0 aliphatic rings. The first-order valence-corrected chi connectivity index (χ1v) is 7.21. The lowest BCUT2D eigenvalue weighted by Crippen LogP contribution is -2.49. The summed E-state index contributed by atoms with van der Waals surface area (Å²) in [5.41, 5.74) is -0.594. The molecule has 0 bridgehead atoms. The molecule has 0 amide bonds. The van der Waals surface area contributed by atoms with E-state index in [1.54, 1.807) is 11.3 Å². The third kappa shape index (κ3) is 4.42. The normalized spacial score (nSPS) is 14.5. The summed E-state index contributed by atoms with van der Waals surface area (Å²) in [6, 6.07) is 4.09. The molecular weight excluding hydrogens is 246 g/mol. The number of esters is 1. The van der Waals surface area contributed by atoms with Gasteiger partial charge >= 0.3 is 5.97 Å². The zero-order valence-corrected chi connectivity index (χ0v) is 12.5. The van der Waals surface area contributed by atoms with Gasteiger partial charge in [-0.05, 0) is 37.1 Å². The van der Waals surface area contributed by atoms with Crippen LogP contribution in [0.15, 0.2) is 17.5 Å². The van der Waals surface area contributed by atoms with E-state index in [9.17, 15) is 4.79 Å². The van der Waals surface area contributed by atoms with Crippen LogP contribution in [-0.4, -0.2) is 18.6 Å². The van der Waals surface area contributed by atoms with Crippen LogP contribution in [0.25, 0.3) is 0 Å². The van der Waals surface area contributed by atoms with E-state index in [1.807, 2.05) is 18.4 Å². The molecule has 4 heteroatoms. The number of rotatable bonds is 7. The summed E-state index contributed by atoms with van der Waals surface area (Å²) in [5, 5.41) is 5.38. The van der Waals surface area contributed by atoms with Gasteiger partial charge in [0.05, 0.1) is 7.11 Å². The van der Waals surface area contributed by atoms with E-state index in [0.29, 0.717) is 12.5 Å². The Morgan fingerprint density at radius 3 is 2.78 bits per heavy atom. The summed E-state index contributed by atoms with van der Waals surface area (Å²) < 4.78 is 4.92. The van der Waals surface area contributed by atoms with Crippen molar-refractivity contribution in [2.24, 2.45) is 5.92 Å².